The number of hydrogen-bond acceptors (Lipinski definition) is 5. The van der Waals surface area contributed by atoms with E-state index in [0.29, 0.717) is 13.1 Å². The van der Waals surface area contributed by atoms with Crippen molar-refractivity contribution in [3.05, 3.63) is 35.9 Å². The van der Waals surface area contributed by atoms with E-state index in [4.69, 9.17) is 10.5 Å². The highest BCUT2D eigenvalue weighted by Crippen LogP contribution is 2.26. The topological polar surface area (TPSA) is 97.0 Å². The molecule has 1 aliphatic heterocycles. The van der Waals surface area contributed by atoms with Crippen molar-refractivity contribution in [2.75, 3.05) is 13.1 Å². The van der Waals surface area contributed by atoms with Crippen LogP contribution >= 0.6 is 0 Å². The summed E-state index contributed by atoms with van der Waals surface area (Å²) < 4.78 is 5.26. The number of alkyl carbamates (subject to hydrolysis) is 1. The Morgan fingerprint density at radius 2 is 1.96 bits per heavy atom. The van der Waals surface area contributed by atoms with E-state index in [1.165, 1.54) is 4.90 Å². The van der Waals surface area contributed by atoms with Gasteiger partial charge in [-0.05, 0) is 45.7 Å². The first-order valence-electron chi connectivity index (χ1n) is 8.46. The number of rotatable bonds is 5. The molecule has 0 radical (unpaired) electrons. The molecule has 136 valence electrons. The lowest BCUT2D eigenvalue weighted by Crippen LogP contribution is -2.46. The largest absolute Gasteiger partial charge is 0.444 e. The molecule has 7 heteroatoms. The summed E-state index contributed by atoms with van der Waals surface area (Å²) in [5, 5.41) is 2.61. The van der Waals surface area contributed by atoms with Crippen LogP contribution in [-0.2, 0) is 9.53 Å². The third-order valence-electron chi connectivity index (χ3n) is 3.57. The summed E-state index contributed by atoms with van der Waals surface area (Å²) in [6.45, 7) is 6.34. The summed E-state index contributed by atoms with van der Waals surface area (Å²) in [6.07, 6.45) is 0.898. The van der Waals surface area contributed by atoms with Gasteiger partial charge in [-0.2, -0.15) is 0 Å². The van der Waals surface area contributed by atoms with Gasteiger partial charge in [0, 0.05) is 6.54 Å². The van der Waals surface area contributed by atoms with Gasteiger partial charge in [0.15, 0.2) is 6.04 Å². The van der Waals surface area contributed by atoms with Crippen molar-refractivity contribution in [2.24, 2.45) is 10.7 Å². The average molecular weight is 346 g/mol. The zero-order valence-corrected chi connectivity index (χ0v) is 15.0. The molecular formula is C18H26N4O3. The maximum Gasteiger partial charge on any atom is 0.414 e. The van der Waals surface area contributed by atoms with Crippen LogP contribution in [0.3, 0.4) is 0 Å². The second-order valence-corrected chi connectivity index (χ2v) is 6.88. The van der Waals surface area contributed by atoms with Crippen molar-refractivity contribution < 1.29 is 14.3 Å². The van der Waals surface area contributed by atoms with E-state index in [0.717, 1.165) is 18.4 Å². The monoisotopic (exact) mass is 346 g/mol. The van der Waals surface area contributed by atoms with Gasteiger partial charge in [-0.3, -0.25) is 15.0 Å². The molecule has 0 saturated carbocycles. The van der Waals surface area contributed by atoms with Gasteiger partial charge in [-0.15, -0.1) is 0 Å². The summed E-state index contributed by atoms with van der Waals surface area (Å²) in [6, 6.07) is 8.64. The molecular weight excluding hydrogens is 320 g/mol. The predicted octanol–water partition coefficient (Wildman–Crippen LogP) is 2.19. The molecule has 1 heterocycles. The van der Waals surface area contributed by atoms with E-state index in [-0.39, 0.29) is 11.9 Å². The maximum atomic E-state index is 12.8. The predicted molar refractivity (Wildman–Crippen MR) is 96.0 cm³/mol. The lowest BCUT2D eigenvalue weighted by Gasteiger charge is -2.22. The third kappa shape index (κ3) is 5.29. The van der Waals surface area contributed by atoms with E-state index in [2.05, 4.69) is 10.3 Å². The molecule has 0 bridgehead atoms. The maximum absolute atomic E-state index is 12.8. The summed E-state index contributed by atoms with van der Waals surface area (Å²) >= 11 is 0. The van der Waals surface area contributed by atoms with Gasteiger partial charge in [0.1, 0.15) is 5.60 Å². The van der Waals surface area contributed by atoms with Crippen LogP contribution in [0.25, 0.3) is 0 Å². The molecule has 2 amide bonds. The van der Waals surface area contributed by atoms with Crippen molar-refractivity contribution in [1.29, 1.82) is 0 Å². The molecule has 25 heavy (non-hydrogen) atoms. The van der Waals surface area contributed by atoms with Crippen molar-refractivity contribution in [1.82, 2.24) is 10.2 Å². The van der Waals surface area contributed by atoms with Crippen LogP contribution in [0.4, 0.5) is 4.79 Å². The third-order valence-corrected chi connectivity index (χ3v) is 3.57. The van der Waals surface area contributed by atoms with Crippen molar-refractivity contribution in [2.45, 2.75) is 45.3 Å². The second kappa shape index (κ2) is 8.11. The number of unbranched alkanes of at least 4 members (excludes halogenated alkanes) is 1. The first-order chi connectivity index (χ1) is 11.8. The molecule has 1 unspecified atom stereocenters. The van der Waals surface area contributed by atoms with Gasteiger partial charge in [0.2, 0.25) is 5.96 Å². The fraction of sp³-hybridized carbons (Fsp3) is 0.500. The zero-order chi connectivity index (χ0) is 18.4. The van der Waals surface area contributed by atoms with Gasteiger partial charge >= 0.3 is 6.09 Å². The second-order valence-electron chi connectivity index (χ2n) is 6.88. The highest BCUT2D eigenvalue weighted by atomic mass is 16.6. The van der Waals surface area contributed by atoms with Crippen LogP contribution in [0, 0.1) is 0 Å². The van der Waals surface area contributed by atoms with Crippen LogP contribution in [0.2, 0.25) is 0 Å². The fourth-order valence-electron chi connectivity index (χ4n) is 2.48. The number of hydrogen-bond donors (Lipinski definition) is 2. The Balaban J connectivity index is 2.17. The number of benzene rings is 1. The van der Waals surface area contributed by atoms with E-state index < -0.39 is 17.7 Å². The zero-order valence-electron chi connectivity index (χ0n) is 15.0. The molecule has 0 saturated heterocycles. The summed E-state index contributed by atoms with van der Waals surface area (Å²) in [7, 11) is 0. The van der Waals surface area contributed by atoms with Gasteiger partial charge in [-0.1, -0.05) is 30.3 Å². The number of guanidine groups is 1. The van der Waals surface area contributed by atoms with Crippen molar-refractivity contribution >= 4 is 18.0 Å². The van der Waals surface area contributed by atoms with Crippen LogP contribution in [-0.4, -0.2) is 41.6 Å². The molecule has 3 N–H and O–H groups in total. The molecule has 0 spiro atoms. The van der Waals surface area contributed by atoms with Crippen molar-refractivity contribution in [3.63, 3.8) is 0 Å². The Morgan fingerprint density at radius 1 is 1.28 bits per heavy atom. The number of ether oxygens (including phenoxy) is 1. The Kier molecular flexibility index (Phi) is 6.14. The van der Waals surface area contributed by atoms with Crippen LogP contribution in [0.5, 0.6) is 0 Å². The smallest absolute Gasteiger partial charge is 0.414 e. The summed E-state index contributed by atoms with van der Waals surface area (Å²) in [4.78, 5) is 30.7. The van der Waals surface area contributed by atoms with E-state index in [1.54, 1.807) is 20.8 Å². The number of carbonyl (C=O) groups excluding carboxylic acids is 2. The molecule has 0 aromatic heterocycles. The number of aliphatic imine (C=N–C) groups is 1. The lowest BCUT2D eigenvalue weighted by atomic mass is 10.1. The molecule has 1 atom stereocenters. The molecule has 0 aliphatic carbocycles. The van der Waals surface area contributed by atoms with Gasteiger partial charge in [0.25, 0.3) is 5.91 Å². The Bertz CT molecular complexity index is 637. The molecule has 7 nitrogen and oxygen atoms in total. The van der Waals surface area contributed by atoms with Crippen LogP contribution < -0.4 is 11.1 Å². The lowest BCUT2D eigenvalue weighted by molar-refractivity contribution is -0.127. The molecule has 2 rings (SSSR count). The summed E-state index contributed by atoms with van der Waals surface area (Å²) in [5.74, 6) is 0.0689. The normalized spacial score (nSPS) is 17.4. The Morgan fingerprint density at radius 3 is 2.56 bits per heavy atom. The number of amides is 2. The fourth-order valence-corrected chi connectivity index (χ4v) is 2.48. The number of nitrogens with zero attached hydrogens (tertiary/aromatic N) is 2. The molecule has 1 aromatic carbocycles. The van der Waals surface area contributed by atoms with E-state index in [9.17, 15) is 9.59 Å². The standard InChI is InChI=1S/C18H26N4O3/c1-18(2,3)25-17(24)21-16-20-14(13-9-5-4-6-10-13)15(23)22(16)12-8-7-11-19/h4-6,9-10,14H,7-8,11-12,19H2,1-3H3,(H,20,21,24). The van der Waals surface area contributed by atoms with Crippen LogP contribution in [0.15, 0.2) is 35.3 Å². The molecule has 1 aromatic rings. The molecule has 0 fully saturated rings. The van der Waals surface area contributed by atoms with Gasteiger partial charge in [0.05, 0.1) is 0 Å². The quantitative estimate of drug-likeness (QED) is 0.799. The Hall–Kier alpha value is -2.41. The average Bonchev–Trinajstić information content (AvgIpc) is 2.83. The van der Waals surface area contributed by atoms with E-state index in [1.807, 2.05) is 30.3 Å². The van der Waals surface area contributed by atoms with E-state index >= 15 is 0 Å². The summed E-state index contributed by atoms with van der Waals surface area (Å²) in [5.41, 5.74) is 5.69. The minimum absolute atomic E-state index is 0.158. The first-order valence-corrected chi connectivity index (χ1v) is 8.46. The highest BCUT2D eigenvalue weighted by molar-refractivity contribution is 6.09. The SMILES string of the molecule is CC(C)(C)OC(=O)NC1=NC(c2ccccc2)C(=O)N1CCCCN. The molecule has 1 aliphatic rings. The van der Waals surface area contributed by atoms with Crippen LogP contribution in [0.1, 0.15) is 45.2 Å². The number of carbonyl (C=O) groups is 2. The first kappa shape index (κ1) is 18.9. The van der Waals surface area contributed by atoms with Crippen molar-refractivity contribution in [3.8, 4) is 0 Å². The van der Waals surface area contributed by atoms with Gasteiger partial charge in [-0.25, -0.2) is 9.79 Å². The highest BCUT2D eigenvalue weighted by Gasteiger charge is 2.36. The Labute approximate surface area is 148 Å². The van der Waals surface area contributed by atoms with Gasteiger partial charge < -0.3 is 10.5 Å². The number of nitrogens with two attached hydrogens (primary N) is 1. The minimum Gasteiger partial charge on any atom is -0.444 e. The number of nitrogens with one attached hydrogen (secondary N) is 1. The minimum atomic E-state index is -0.649.